The largest absolute Gasteiger partial charge is 0.457 e. The predicted octanol–water partition coefficient (Wildman–Crippen LogP) is 4.05. The van der Waals surface area contributed by atoms with Crippen molar-refractivity contribution in [3.05, 3.63) is 65.5 Å². The Morgan fingerprint density at radius 2 is 1.91 bits per heavy atom. The molecular weight excluding hydrogens is 456 g/mol. The first kappa shape index (κ1) is 22.1. The minimum atomic E-state index is -0.603. The van der Waals surface area contributed by atoms with E-state index in [0.717, 1.165) is 27.7 Å². The van der Waals surface area contributed by atoms with Crippen molar-refractivity contribution in [3.8, 4) is 17.2 Å². The van der Waals surface area contributed by atoms with Crippen LogP contribution in [0.4, 0.5) is 5.69 Å². The number of hydrogen-bond acceptors (Lipinski definition) is 7. The van der Waals surface area contributed by atoms with E-state index in [1.807, 2.05) is 60.9 Å². The highest BCUT2D eigenvalue weighted by Crippen LogP contribution is 2.37. The van der Waals surface area contributed by atoms with Crippen LogP contribution in [0.5, 0.6) is 11.5 Å². The summed E-state index contributed by atoms with van der Waals surface area (Å²) in [5.74, 6) is 0.186. The molecule has 0 fully saturated rings. The van der Waals surface area contributed by atoms with E-state index in [4.69, 9.17) is 14.2 Å². The first-order valence-corrected chi connectivity index (χ1v) is 11.6. The summed E-state index contributed by atoms with van der Waals surface area (Å²) in [4.78, 5) is 38.5. The lowest BCUT2D eigenvalue weighted by molar-refractivity contribution is -0.143. The molecule has 0 unspecified atom stereocenters. The molecule has 5 rings (SSSR count). The number of ether oxygens (including phenoxy) is 3. The SMILES string of the molecule is Cc1cc(C(=O)COC(=O)C[C@H]2Sc3ccccc3NC2=O)c(C)n1-c1ccc2c(c1)OCO2. The molecular formula is C25H22N2O6S. The minimum Gasteiger partial charge on any atom is -0.457 e. The second-order valence-corrected chi connectivity index (χ2v) is 9.28. The standard InChI is InChI=1S/C25H22N2O6S/c1-14-9-17(15(2)27(14)16-7-8-20-21(10-16)33-13-32-20)19(28)12-31-24(29)11-23-25(30)26-18-5-3-4-6-22(18)34-23/h3-10,23H,11-13H2,1-2H3,(H,26,30)/t23-/m1/s1. The number of benzene rings is 2. The van der Waals surface area contributed by atoms with Crippen LogP contribution >= 0.6 is 11.8 Å². The summed E-state index contributed by atoms with van der Waals surface area (Å²) in [5, 5.41) is 2.20. The van der Waals surface area contributed by atoms with E-state index in [1.54, 1.807) is 6.07 Å². The number of esters is 1. The maximum absolute atomic E-state index is 12.9. The van der Waals surface area contributed by atoms with E-state index in [1.165, 1.54) is 11.8 Å². The van der Waals surface area contributed by atoms with Gasteiger partial charge in [0.2, 0.25) is 18.5 Å². The molecule has 0 saturated heterocycles. The number of rotatable bonds is 6. The third-order valence-corrected chi connectivity index (χ3v) is 7.04. The number of para-hydroxylation sites is 1. The van der Waals surface area contributed by atoms with E-state index in [0.29, 0.717) is 17.1 Å². The highest BCUT2D eigenvalue weighted by molar-refractivity contribution is 8.01. The molecule has 0 aliphatic carbocycles. The molecule has 2 aliphatic rings. The van der Waals surface area contributed by atoms with Crippen molar-refractivity contribution in [2.45, 2.75) is 30.4 Å². The Bertz CT molecular complexity index is 1310. The van der Waals surface area contributed by atoms with Gasteiger partial charge in [-0.1, -0.05) is 12.1 Å². The molecule has 2 aliphatic heterocycles. The van der Waals surface area contributed by atoms with E-state index in [2.05, 4.69) is 5.32 Å². The van der Waals surface area contributed by atoms with Gasteiger partial charge in [-0.2, -0.15) is 0 Å². The molecule has 8 nitrogen and oxygen atoms in total. The first-order chi connectivity index (χ1) is 16.4. The second kappa shape index (κ2) is 8.90. The maximum Gasteiger partial charge on any atom is 0.307 e. The minimum absolute atomic E-state index is 0.117. The van der Waals surface area contributed by atoms with Crippen LogP contribution in [0.1, 0.15) is 28.2 Å². The van der Waals surface area contributed by atoms with Gasteiger partial charge in [-0.25, -0.2) is 0 Å². The lowest BCUT2D eigenvalue weighted by atomic mass is 10.1. The van der Waals surface area contributed by atoms with Gasteiger partial charge in [-0.05, 0) is 44.2 Å². The Hall–Kier alpha value is -3.72. The highest BCUT2D eigenvalue weighted by atomic mass is 32.2. The fourth-order valence-corrected chi connectivity index (χ4v) is 5.22. The van der Waals surface area contributed by atoms with E-state index >= 15 is 0 Å². The number of thioether (sulfide) groups is 1. The van der Waals surface area contributed by atoms with Crippen molar-refractivity contribution in [1.82, 2.24) is 4.57 Å². The molecule has 0 spiro atoms. The topological polar surface area (TPSA) is 95.9 Å². The number of fused-ring (bicyclic) bond motifs is 2. The van der Waals surface area contributed by atoms with Gasteiger partial charge in [0, 0.05) is 33.6 Å². The lowest BCUT2D eigenvalue weighted by Gasteiger charge is -2.23. The number of ketones is 1. The van der Waals surface area contributed by atoms with E-state index in [9.17, 15) is 14.4 Å². The molecule has 1 aromatic heterocycles. The molecule has 0 bridgehead atoms. The highest BCUT2D eigenvalue weighted by Gasteiger charge is 2.30. The molecule has 3 aromatic rings. The zero-order valence-corrected chi connectivity index (χ0v) is 19.4. The zero-order chi connectivity index (χ0) is 23.8. The lowest BCUT2D eigenvalue weighted by Crippen LogP contribution is -2.31. The van der Waals surface area contributed by atoms with Gasteiger partial charge in [0.25, 0.3) is 0 Å². The van der Waals surface area contributed by atoms with Crippen LogP contribution in [0.3, 0.4) is 0 Å². The predicted molar refractivity (Wildman–Crippen MR) is 126 cm³/mol. The summed E-state index contributed by atoms with van der Waals surface area (Å²) < 4.78 is 18.0. The number of nitrogens with one attached hydrogen (secondary N) is 1. The Balaban J connectivity index is 1.23. The molecule has 3 heterocycles. The molecule has 0 saturated carbocycles. The molecule has 1 amide bonds. The number of nitrogens with zero attached hydrogens (tertiary/aromatic N) is 1. The Morgan fingerprint density at radius 3 is 2.76 bits per heavy atom. The molecule has 174 valence electrons. The summed E-state index contributed by atoms with van der Waals surface area (Å²) in [7, 11) is 0. The van der Waals surface area contributed by atoms with Crippen LogP contribution in [0.15, 0.2) is 53.4 Å². The van der Waals surface area contributed by atoms with Gasteiger partial charge in [0.1, 0.15) is 0 Å². The fraction of sp³-hybridized carbons (Fsp3) is 0.240. The summed E-state index contributed by atoms with van der Waals surface area (Å²) in [6.07, 6.45) is -0.117. The number of carbonyl (C=O) groups is 3. The van der Waals surface area contributed by atoms with E-state index < -0.39 is 11.2 Å². The van der Waals surface area contributed by atoms with Crippen molar-refractivity contribution in [2.75, 3.05) is 18.7 Å². The molecule has 1 atom stereocenters. The molecule has 2 aromatic carbocycles. The van der Waals surface area contributed by atoms with Crippen LogP contribution in [0, 0.1) is 13.8 Å². The quantitative estimate of drug-likeness (QED) is 0.422. The van der Waals surface area contributed by atoms with Crippen LogP contribution < -0.4 is 14.8 Å². The fourth-order valence-electron chi connectivity index (χ4n) is 4.13. The van der Waals surface area contributed by atoms with Crippen LogP contribution in [-0.4, -0.2) is 40.9 Å². The number of carbonyl (C=O) groups excluding carboxylic acids is 3. The second-order valence-electron chi connectivity index (χ2n) is 8.04. The van der Waals surface area contributed by atoms with Gasteiger partial charge >= 0.3 is 5.97 Å². The van der Waals surface area contributed by atoms with Crippen LogP contribution in [-0.2, 0) is 14.3 Å². The van der Waals surface area contributed by atoms with Crippen molar-refractivity contribution in [1.29, 1.82) is 0 Å². The van der Waals surface area contributed by atoms with Gasteiger partial charge < -0.3 is 24.1 Å². The molecule has 9 heteroatoms. The van der Waals surface area contributed by atoms with Gasteiger partial charge in [-0.3, -0.25) is 14.4 Å². The zero-order valence-electron chi connectivity index (χ0n) is 18.6. The van der Waals surface area contributed by atoms with Crippen molar-refractivity contribution >= 4 is 35.1 Å². The number of amides is 1. The Labute approximate surface area is 200 Å². The number of hydrogen-bond donors (Lipinski definition) is 1. The molecule has 34 heavy (non-hydrogen) atoms. The third-order valence-electron chi connectivity index (χ3n) is 5.77. The Kier molecular flexibility index (Phi) is 5.79. The van der Waals surface area contributed by atoms with Crippen molar-refractivity contribution < 1.29 is 28.6 Å². The number of aromatic nitrogens is 1. The first-order valence-electron chi connectivity index (χ1n) is 10.7. The number of anilines is 1. The normalized spacial score (nSPS) is 16.1. The summed E-state index contributed by atoms with van der Waals surface area (Å²) >= 11 is 1.32. The van der Waals surface area contributed by atoms with E-state index in [-0.39, 0.29) is 31.5 Å². The van der Waals surface area contributed by atoms with Crippen LogP contribution in [0.2, 0.25) is 0 Å². The number of aryl methyl sites for hydroxylation is 1. The average molecular weight is 479 g/mol. The van der Waals surface area contributed by atoms with Crippen LogP contribution in [0.25, 0.3) is 5.69 Å². The summed E-state index contributed by atoms with van der Waals surface area (Å²) in [6.45, 7) is 3.54. The van der Waals surface area contributed by atoms with Crippen molar-refractivity contribution in [3.63, 3.8) is 0 Å². The smallest absolute Gasteiger partial charge is 0.307 e. The summed E-state index contributed by atoms with van der Waals surface area (Å²) in [5.41, 5.74) is 3.64. The maximum atomic E-state index is 12.9. The average Bonchev–Trinajstić information content (AvgIpc) is 3.41. The molecule has 1 N–H and O–H groups in total. The monoisotopic (exact) mass is 478 g/mol. The van der Waals surface area contributed by atoms with Crippen molar-refractivity contribution in [2.24, 2.45) is 0 Å². The third kappa shape index (κ3) is 4.14. The summed E-state index contributed by atoms with van der Waals surface area (Å²) in [6, 6.07) is 14.8. The van der Waals surface area contributed by atoms with Gasteiger partial charge in [0.05, 0.1) is 17.4 Å². The number of Topliss-reactive ketones (excluding diaryl/α,β-unsaturated/α-hetero) is 1. The molecule has 0 radical (unpaired) electrons. The van der Waals surface area contributed by atoms with Gasteiger partial charge in [0.15, 0.2) is 18.1 Å². The Morgan fingerprint density at radius 1 is 1.12 bits per heavy atom. The van der Waals surface area contributed by atoms with Gasteiger partial charge in [-0.15, -0.1) is 11.8 Å².